The van der Waals surface area contributed by atoms with Crippen molar-refractivity contribution in [3.05, 3.63) is 30.3 Å². The molecule has 7 heteroatoms. The van der Waals surface area contributed by atoms with Gasteiger partial charge in [-0.1, -0.05) is 19.1 Å². The van der Waals surface area contributed by atoms with E-state index >= 15 is 0 Å². The molecule has 0 bridgehead atoms. The van der Waals surface area contributed by atoms with Crippen LogP contribution in [0.3, 0.4) is 0 Å². The van der Waals surface area contributed by atoms with Gasteiger partial charge in [0.15, 0.2) is 5.82 Å². The number of hydrogen-bond donors (Lipinski definition) is 2. The number of hydrogen-bond acceptors (Lipinski definition) is 6. The van der Waals surface area contributed by atoms with Crippen molar-refractivity contribution in [1.82, 2.24) is 15.1 Å². The Balaban J connectivity index is 1.83. The number of nitrogens with two attached hydrogens (primary N) is 1. The molecule has 0 radical (unpaired) electrons. The summed E-state index contributed by atoms with van der Waals surface area (Å²) in [5.41, 5.74) is 8.04. The summed E-state index contributed by atoms with van der Waals surface area (Å²) in [6.07, 6.45) is 1.44. The van der Waals surface area contributed by atoms with Gasteiger partial charge >= 0.3 is 0 Å². The molecule has 26 heavy (non-hydrogen) atoms. The molecule has 1 atom stereocenters. The normalized spacial score (nSPS) is 17.4. The minimum absolute atomic E-state index is 0.101. The molecule has 2 aromatic rings. The molecule has 3 N–H and O–H groups in total. The van der Waals surface area contributed by atoms with Gasteiger partial charge < -0.3 is 20.6 Å². The number of anilines is 2. The fraction of sp³-hybridized carbons (Fsp3) is 0.421. The number of phenolic OH excluding ortho intramolecular Hbond substituents is 1. The van der Waals surface area contributed by atoms with E-state index in [1.807, 2.05) is 24.0 Å². The maximum Gasteiger partial charge on any atom is 0.222 e. The van der Waals surface area contributed by atoms with Crippen molar-refractivity contribution in [2.45, 2.75) is 32.7 Å². The van der Waals surface area contributed by atoms with Crippen LogP contribution in [-0.2, 0) is 4.79 Å². The van der Waals surface area contributed by atoms with E-state index in [4.69, 9.17) is 5.73 Å². The Hall–Kier alpha value is -2.83. The molecule has 3 rings (SSSR count). The Morgan fingerprint density at radius 2 is 2.08 bits per heavy atom. The zero-order valence-electron chi connectivity index (χ0n) is 15.2. The third kappa shape index (κ3) is 3.56. The predicted molar refractivity (Wildman–Crippen MR) is 102 cm³/mol. The minimum atomic E-state index is 0.101. The molecule has 2 heterocycles. The molecule has 1 aliphatic heterocycles. The zero-order valence-corrected chi connectivity index (χ0v) is 15.2. The SMILES string of the molecule is CCCC(=O)N1CCN(c2cc(-c3ccccc3O)nnc2N)CC1C. The number of piperazine rings is 1. The lowest BCUT2D eigenvalue weighted by Crippen LogP contribution is -2.54. The first kappa shape index (κ1) is 18.0. The molecule has 138 valence electrons. The van der Waals surface area contributed by atoms with Gasteiger partial charge in [-0.15, -0.1) is 10.2 Å². The highest BCUT2D eigenvalue weighted by molar-refractivity contribution is 5.77. The van der Waals surface area contributed by atoms with Crippen LogP contribution in [0.4, 0.5) is 11.5 Å². The predicted octanol–water partition coefficient (Wildman–Crippen LogP) is 2.27. The third-order valence-electron chi connectivity index (χ3n) is 4.73. The highest BCUT2D eigenvalue weighted by atomic mass is 16.3. The van der Waals surface area contributed by atoms with Gasteiger partial charge in [-0.2, -0.15) is 0 Å². The Kier molecular flexibility index (Phi) is 5.25. The van der Waals surface area contributed by atoms with Crippen LogP contribution in [-0.4, -0.2) is 51.8 Å². The van der Waals surface area contributed by atoms with E-state index < -0.39 is 0 Å². The molecule has 0 aliphatic carbocycles. The van der Waals surface area contributed by atoms with E-state index in [9.17, 15) is 9.90 Å². The van der Waals surface area contributed by atoms with E-state index in [0.29, 0.717) is 43.1 Å². The van der Waals surface area contributed by atoms with Crippen LogP contribution in [0.25, 0.3) is 11.3 Å². The van der Waals surface area contributed by atoms with Crippen LogP contribution >= 0.6 is 0 Å². The summed E-state index contributed by atoms with van der Waals surface area (Å²) in [5.74, 6) is 0.709. The van der Waals surface area contributed by atoms with Crippen molar-refractivity contribution in [2.75, 3.05) is 30.3 Å². The highest BCUT2D eigenvalue weighted by Gasteiger charge is 2.28. The average Bonchev–Trinajstić information content (AvgIpc) is 2.63. The lowest BCUT2D eigenvalue weighted by atomic mass is 10.1. The minimum Gasteiger partial charge on any atom is -0.507 e. The number of nitrogens with zero attached hydrogens (tertiary/aromatic N) is 4. The van der Waals surface area contributed by atoms with E-state index in [0.717, 1.165) is 12.1 Å². The lowest BCUT2D eigenvalue weighted by molar-refractivity contribution is -0.133. The number of nitrogen functional groups attached to an aromatic ring is 1. The first-order valence-corrected chi connectivity index (χ1v) is 8.97. The standard InChI is InChI=1S/C19H25N5O2/c1-3-6-18(26)24-10-9-23(12-13(24)2)16-11-15(21-22-19(16)20)14-7-4-5-8-17(14)25/h4-5,7-8,11,13,25H,3,6,9-10,12H2,1-2H3,(H2,20,22). The number of carbonyl (C=O) groups is 1. The van der Waals surface area contributed by atoms with Gasteiger partial charge in [0, 0.05) is 37.7 Å². The van der Waals surface area contributed by atoms with Crippen LogP contribution in [0.1, 0.15) is 26.7 Å². The van der Waals surface area contributed by atoms with Gasteiger partial charge in [-0.25, -0.2) is 0 Å². The number of amides is 1. The van der Waals surface area contributed by atoms with Crippen molar-refractivity contribution >= 4 is 17.4 Å². The maximum absolute atomic E-state index is 12.2. The van der Waals surface area contributed by atoms with E-state index in [1.54, 1.807) is 18.2 Å². The second kappa shape index (κ2) is 7.59. The molecule has 1 fully saturated rings. The van der Waals surface area contributed by atoms with Crippen LogP contribution < -0.4 is 10.6 Å². The topological polar surface area (TPSA) is 95.6 Å². The largest absolute Gasteiger partial charge is 0.507 e. The summed E-state index contributed by atoms with van der Waals surface area (Å²) in [4.78, 5) is 16.3. The fourth-order valence-corrected chi connectivity index (χ4v) is 3.37. The average molecular weight is 355 g/mol. The molecular weight excluding hydrogens is 330 g/mol. The smallest absolute Gasteiger partial charge is 0.222 e. The quantitative estimate of drug-likeness (QED) is 0.873. The Labute approximate surface area is 153 Å². The first-order chi connectivity index (χ1) is 12.5. The van der Waals surface area contributed by atoms with Gasteiger partial charge in [-0.05, 0) is 31.5 Å². The molecule has 1 saturated heterocycles. The highest BCUT2D eigenvalue weighted by Crippen LogP contribution is 2.32. The summed E-state index contributed by atoms with van der Waals surface area (Å²) in [7, 11) is 0. The maximum atomic E-state index is 12.2. The Bertz CT molecular complexity index is 795. The molecule has 1 unspecified atom stereocenters. The van der Waals surface area contributed by atoms with Gasteiger partial charge in [-0.3, -0.25) is 4.79 Å². The molecule has 1 amide bonds. The second-order valence-electron chi connectivity index (χ2n) is 6.65. The molecule has 0 spiro atoms. The fourth-order valence-electron chi connectivity index (χ4n) is 3.37. The molecular formula is C19H25N5O2. The molecule has 1 aromatic carbocycles. The Morgan fingerprint density at radius 1 is 1.31 bits per heavy atom. The van der Waals surface area contributed by atoms with Gasteiger partial charge in [0.25, 0.3) is 0 Å². The first-order valence-electron chi connectivity index (χ1n) is 8.97. The summed E-state index contributed by atoms with van der Waals surface area (Å²) in [6, 6.07) is 8.97. The van der Waals surface area contributed by atoms with Gasteiger partial charge in [0.1, 0.15) is 5.75 Å². The number of benzene rings is 1. The van der Waals surface area contributed by atoms with Crippen molar-refractivity contribution in [1.29, 1.82) is 0 Å². The molecule has 1 aromatic heterocycles. The zero-order chi connectivity index (χ0) is 18.7. The van der Waals surface area contributed by atoms with Crippen molar-refractivity contribution in [3.8, 4) is 17.0 Å². The van der Waals surface area contributed by atoms with Gasteiger partial charge in [0.2, 0.25) is 5.91 Å². The number of aromatic hydroxyl groups is 1. The number of rotatable bonds is 4. The van der Waals surface area contributed by atoms with Crippen LogP contribution in [0.2, 0.25) is 0 Å². The number of para-hydroxylation sites is 1. The van der Waals surface area contributed by atoms with Crippen molar-refractivity contribution < 1.29 is 9.90 Å². The summed E-state index contributed by atoms with van der Waals surface area (Å²) in [6.45, 7) is 6.10. The second-order valence-corrected chi connectivity index (χ2v) is 6.65. The van der Waals surface area contributed by atoms with E-state index in [1.165, 1.54) is 0 Å². The van der Waals surface area contributed by atoms with Crippen LogP contribution in [0.15, 0.2) is 30.3 Å². The van der Waals surface area contributed by atoms with E-state index in [2.05, 4.69) is 22.0 Å². The summed E-state index contributed by atoms with van der Waals surface area (Å²) >= 11 is 0. The van der Waals surface area contributed by atoms with Crippen molar-refractivity contribution in [2.24, 2.45) is 0 Å². The number of phenols is 1. The molecule has 0 saturated carbocycles. The lowest BCUT2D eigenvalue weighted by Gasteiger charge is -2.41. The van der Waals surface area contributed by atoms with Crippen LogP contribution in [0.5, 0.6) is 5.75 Å². The molecule has 1 aliphatic rings. The molecule has 7 nitrogen and oxygen atoms in total. The third-order valence-corrected chi connectivity index (χ3v) is 4.73. The van der Waals surface area contributed by atoms with Crippen LogP contribution in [0, 0.1) is 0 Å². The van der Waals surface area contributed by atoms with Crippen molar-refractivity contribution in [3.63, 3.8) is 0 Å². The number of carbonyl (C=O) groups excluding carboxylic acids is 1. The summed E-state index contributed by atoms with van der Waals surface area (Å²) < 4.78 is 0. The Morgan fingerprint density at radius 3 is 2.77 bits per heavy atom. The monoisotopic (exact) mass is 355 g/mol. The summed E-state index contributed by atoms with van der Waals surface area (Å²) in [5, 5.41) is 18.3. The number of aromatic nitrogens is 2. The van der Waals surface area contributed by atoms with E-state index in [-0.39, 0.29) is 17.7 Å². The van der Waals surface area contributed by atoms with Gasteiger partial charge in [0.05, 0.1) is 11.4 Å².